The average Bonchev–Trinajstić information content (AvgIpc) is 3.38. The molecule has 6 nitrogen and oxygen atoms in total. The zero-order valence-electron chi connectivity index (χ0n) is 13.6. The van der Waals surface area contributed by atoms with Crippen LogP contribution >= 0.6 is 0 Å². The number of aromatic nitrogens is 2. The Morgan fingerprint density at radius 2 is 2.12 bits per heavy atom. The molecule has 1 saturated carbocycles. The molecule has 0 radical (unpaired) electrons. The molecule has 0 spiro atoms. The fourth-order valence-electron chi connectivity index (χ4n) is 2.55. The number of amides is 1. The SMILES string of the molecule is N#Cc1ccc(C(=O)Nc2cccc(-c3noc(C4CC4)n3)c2)c(F)c1. The van der Waals surface area contributed by atoms with Crippen LogP contribution in [0, 0.1) is 17.1 Å². The quantitative estimate of drug-likeness (QED) is 0.772. The summed E-state index contributed by atoms with van der Waals surface area (Å²) in [5.74, 6) is 0.0982. The van der Waals surface area contributed by atoms with Crippen LogP contribution in [-0.4, -0.2) is 16.0 Å². The number of nitriles is 1. The van der Waals surface area contributed by atoms with Gasteiger partial charge < -0.3 is 9.84 Å². The van der Waals surface area contributed by atoms with Crippen molar-refractivity contribution in [1.82, 2.24) is 10.1 Å². The lowest BCUT2D eigenvalue weighted by Crippen LogP contribution is -2.13. The highest BCUT2D eigenvalue weighted by molar-refractivity contribution is 6.04. The molecule has 1 aliphatic rings. The number of rotatable bonds is 4. The summed E-state index contributed by atoms with van der Waals surface area (Å²) < 4.78 is 19.2. The first-order valence-corrected chi connectivity index (χ1v) is 8.09. The number of benzene rings is 2. The van der Waals surface area contributed by atoms with Crippen molar-refractivity contribution >= 4 is 11.6 Å². The van der Waals surface area contributed by atoms with Crippen molar-refractivity contribution in [2.24, 2.45) is 0 Å². The molecule has 0 saturated heterocycles. The van der Waals surface area contributed by atoms with Gasteiger partial charge in [-0.3, -0.25) is 4.79 Å². The molecular weight excluding hydrogens is 335 g/mol. The first-order valence-electron chi connectivity index (χ1n) is 8.09. The van der Waals surface area contributed by atoms with Crippen molar-refractivity contribution in [3.05, 3.63) is 65.3 Å². The predicted octanol–water partition coefficient (Wildman–Crippen LogP) is 3.88. The number of nitrogens with one attached hydrogen (secondary N) is 1. The summed E-state index contributed by atoms with van der Waals surface area (Å²) in [6.45, 7) is 0. The van der Waals surface area contributed by atoms with Crippen LogP contribution < -0.4 is 5.32 Å². The molecule has 0 aliphatic heterocycles. The Hall–Kier alpha value is -3.53. The van der Waals surface area contributed by atoms with E-state index in [0.29, 0.717) is 28.9 Å². The third kappa shape index (κ3) is 3.17. The van der Waals surface area contributed by atoms with Crippen molar-refractivity contribution in [1.29, 1.82) is 5.26 Å². The standard InChI is InChI=1S/C19H13FN4O2/c20-16-8-11(10-21)4-7-15(16)18(25)22-14-3-1-2-13(9-14)17-23-19(26-24-17)12-5-6-12/h1-4,7-9,12H,5-6H2,(H,22,25). The molecular formula is C19H13FN4O2. The number of nitrogens with zero attached hydrogens (tertiary/aromatic N) is 3. The largest absolute Gasteiger partial charge is 0.339 e. The first-order chi connectivity index (χ1) is 12.6. The Kier molecular flexibility index (Phi) is 3.93. The van der Waals surface area contributed by atoms with E-state index in [1.54, 1.807) is 24.3 Å². The van der Waals surface area contributed by atoms with E-state index in [-0.39, 0.29) is 11.1 Å². The molecule has 26 heavy (non-hydrogen) atoms. The van der Waals surface area contributed by atoms with Crippen molar-refractivity contribution < 1.29 is 13.7 Å². The van der Waals surface area contributed by atoms with E-state index < -0.39 is 11.7 Å². The summed E-state index contributed by atoms with van der Waals surface area (Å²) in [6.07, 6.45) is 2.13. The van der Waals surface area contributed by atoms with Crippen molar-refractivity contribution in [3.63, 3.8) is 0 Å². The summed E-state index contributed by atoms with van der Waals surface area (Å²) in [5.41, 5.74) is 1.20. The number of hydrogen-bond acceptors (Lipinski definition) is 5. The molecule has 2 aromatic carbocycles. The Bertz CT molecular complexity index is 1030. The first kappa shape index (κ1) is 16.0. The van der Waals surface area contributed by atoms with Gasteiger partial charge >= 0.3 is 0 Å². The van der Waals surface area contributed by atoms with Crippen LogP contribution in [-0.2, 0) is 0 Å². The van der Waals surface area contributed by atoms with Gasteiger partial charge in [-0.25, -0.2) is 4.39 Å². The van der Waals surface area contributed by atoms with Crippen LogP contribution in [0.3, 0.4) is 0 Å². The summed E-state index contributed by atoms with van der Waals surface area (Å²) in [5, 5.41) is 15.4. The van der Waals surface area contributed by atoms with E-state index in [9.17, 15) is 9.18 Å². The average molecular weight is 348 g/mol. The van der Waals surface area contributed by atoms with E-state index in [0.717, 1.165) is 18.9 Å². The minimum atomic E-state index is -0.745. The molecule has 0 bridgehead atoms. The van der Waals surface area contributed by atoms with Gasteiger partial charge in [0.05, 0.1) is 17.2 Å². The monoisotopic (exact) mass is 348 g/mol. The Balaban J connectivity index is 1.54. The van der Waals surface area contributed by atoms with Crippen molar-refractivity contribution in [2.45, 2.75) is 18.8 Å². The van der Waals surface area contributed by atoms with Gasteiger partial charge in [-0.15, -0.1) is 0 Å². The Labute approximate surface area is 148 Å². The number of hydrogen-bond donors (Lipinski definition) is 1. The van der Waals surface area contributed by atoms with Gasteiger partial charge in [-0.2, -0.15) is 10.2 Å². The lowest BCUT2D eigenvalue weighted by atomic mass is 10.1. The predicted molar refractivity (Wildman–Crippen MR) is 90.8 cm³/mol. The lowest BCUT2D eigenvalue weighted by Gasteiger charge is -2.07. The van der Waals surface area contributed by atoms with Gasteiger partial charge in [-0.05, 0) is 43.2 Å². The minimum absolute atomic E-state index is 0.134. The highest BCUT2D eigenvalue weighted by atomic mass is 19.1. The van der Waals surface area contributed by atoms with Crippen LogP contribution in [0.15, 0.2) is 47.0 Å². The fraction of sp³-hybridized carbons (Fsp3) is 0.158. The van der Waals surface area contributed by atoms with Crippen molar-refractivity contribution in [2.75, 3.05) is 5.32 Å². The summed E-state index contributed by atoms with van der Waals surface area (Å²) in [6, 6.07) is 12.5. The molecule has 4 rings (SSSR count). The second kappa shape index (κ2) is 6.41. The third-order valence-corrected chi connectivity index (χ3v) is 4.09. The molecule has 0 atom stereocenters. The number of carbonyl (C=O) groups is 1. The molecule has 1 aromatic heterocycles. The molecule has 128 valence electrons. The van der Waals surface area contributed by atoms with Crippen LogP contribution in [0.5, 0.6) is 0 Å². The molecule has 0 unspecified atom stereocenters. The molecule has 1 aliphatic carbocycles. The van der Waals surface area contributed by atoms with Crippen LogP contribution in [0.25, 0.3) is 11.4 Å². The van der Waals surface area contributed by atoms with E-state index >= 15 is 0 Å². The van der Waals surface area contributed by atoms with Crippen LogP contribution in [0.4, 0.5) is 10.1 Å². The maximum Gasteiger partial charge on any atom is 0.258 e. The van der Waals surface area contributed by atoms with Gasteiger partial charge in [0.25, 0.3) is 5.91 Å². The van der Waals surface area contributed by atoms with E-state index in [4.69, 9.17) is 9.78 Å². The molecule has 1 heterocycles. The van der Waals surface area contributed by atoms with Crippen molar-refractivity contribution in [3.8, 4) is 17.5 Å². The fourth-order valence-corrected chi connectivity index (χ4v) is 2.55. The minimum Gasteiger partial charge on any atom is -0.339 e. The van der Waals surface area contributed by atoms with E-state index in [1.807, 2.05) is 6.07 Å². The zero-order chi connectivity index (χ0) is 18.1. The second-order valence-electron chi connectivity index (χ2n) is 6.07. The van der Waals surface area contributed by atoms with Crippen LogP contribution in [0.1, 0.15) is 40.6 Å². The van der Waals surface area contributed by atoms with Gasteiger partial charge in [0.2, 0.25) is 11.7 Å². The summed E-state index contributed by atoms with van der Waals surface area (Å²) >= 11 is 0. The number of anilines is 1. The van der Waals surface area contributed by atoms with E-state index in [2.05, 4.69) is 15.5 Å². The van der Waals surface area contributed by atoms with Gasteiger partial charge in [0, 0.05) is 17.2 Å². The van der Waals surface area contributed by atoms with E-state index in [1.165, 1.54) is 12.1 Å². The zero-order valence-corrected chi connectivity index (χ0v) is 13.6. The normalized spacial score (nSPS) is 13.2. The topological polar surface area (TPSA) is 91.8 Å². The van der Waals surface area contributed by atoms with Gasteiger partial charge in [0.15, 0.2) is 0 Å². The highest BCUT2D eigenvalue weighted by Crippen LogP contribution is 2.39. The molecule has 1 amide bonds. The molecule has 1 fully saturated rings. The summed E-state index contributed by atoms with van der Waals surface area (Å²) in [4.78, 5) is 16.7. The number of carbonyl (C=O) groups excluding carboxylic acids is 1. The Morgan fingerprint density at radius 1 is 1.27 bits per heavy atom. The smallest absolute Gasteiger partial charge is 0.258 e. The number of halogens is 1. The summed E-state index contributed by atoms with van der Waals surface area (Å²) in [7, 11) is 0. The highest BCUT2D eigenvalue weighted by Gasteiger charge is 2.29. The Morgan fingerprint density at radius 3 is 2.85 bits per heavy atom. The molecule has 3 aromatic rings. The second-order valence-corrected chi connectivity index (χ2v) is 6.07. The maximum atomic E-state index is 14.0. The van der Waals surface area contributed by atoms with Crippen LogP contribution in [0.2, 0.25) is 0 Å². The third-order valence-electron chi connectivity index (χ3n) is 4.09. The van der Waals surface area contributed by atoms with Gasteiger partial charge in [-0.1, -0.05) is 17.3 Å². The lowest BCUT2D eigenvalue weighted by molar-refractivity contribution is 0.102. The molecule has 1 N–H and O–H groups in total. The molecule has 7 heteroatoms. The maximum absolute atomic E-state index is 14.0. The van der Waals surface area contributed by atoms with Gasteiger partial charge in [0.1, 0.15) is 5.82 Å².